The number of hydrogen-bond donors (Lipinski definition) is 2. The summed E-state index contributed by atoms with van der Waals surface area (Å²) in [4.78, 5) is 39.8. The van der Waals surface area contributed by atoms with Gasteiger partial charge >= 0.3 is 5.97 Å². The van der Waals surface area contributed by atoms with Crippen molar-refractivity contribution in [2.75, 3.05) is 32.8 Å². The third-order valence-corrected chi connectivity index (χ3v) is 8.34. The fourth-order valence-corrected chi connectivity index (χ4v) is 5.77. The zero-order valence-electron chi connectivity index (χ0n) is 22.8. The number of aromatic nitrogens is 2. The number of cyclic esters (lactones) is 1. The number of aliphatic hydroxyl groups excluding tert-OH is 2. The van der Waals surface area contributed by atoms with E-state index in [4.69, 9.17) is 4.74 Å². The van der Waals surface area contributed by atoms with Crippen molar-refractivity contribution >= 4 is 22.8 Å². The number of para-hydroxylation sites is 1. The Morgan fingerprint density at radius 1 is 0.950 bits per heavy atom. The lowest BCUT2D eigenvalue weighted by molar-refractivity contribution is -0.165. The quantitative estimate of drug-likeness (QED) is 0.482. The van der Waals surface area contributed by atoms with Crippen LogP contribution in [0, 0.1) is 5.41 Å². The Bertz CT molecular complexity index is 1300. The molecule has 2 aliphatic heterocycles. The number of nitrogens with zero attached hydrogens (tertiary/aromatic N) is 4. The first-order valence-electron chi connectivity index (χ1n) is 14.2. The molecule has 9 heteroatoms. The molecule has 9 nitrogen and oxygen atoms in total. The molecule has 2 N–H and O–H groups in total. The number of amides is 1. The second-order valence-electron chi connectivity index (χ2n) is 11.1. The van der Waals surface area contributed by atoms with Crippen LogP contribution < -0.4 is 0 Å². The van der Waals surface area contributed by atoms with E-state index < -0.39 is 17.6 Å². The van der Waals surface area contributed by atoms with Crippen LogP contribution in [0.1, 0.15) is 54.6 Å². The SMILES string of the molecule is O=C(c1cnc2ccccc2c1)N1CCCCC2(CCN(Cc3ccccn3)CC2)C(=O)OC[C@@H](O)[C@@H](O)CC1. The van der Waals surface area contributed by atoms with Crippen LogP contribution in [-0.2, 0) is 16.1 Å². The number of fused-ring (bicyclic) bond motifs is 1. The summed E-state index contributed by atoms with van der Waals surface area (Å²) >= 11 is 0. The fourth-order valence-electron chi connectivity index (χ4n) is 5.77. The summed E-state index contributed by atoms with van der Waals surface area (Å²) in [7, 11) is 0. The van der Waals surface area contributed by atoms with Crippen molar-refractivity contribution in [3.05, 3.63) is 72.2 Å². The molecule has 1 aromatic carbocycles. The first-order chi connectivity index (χ1) is 19.4. The van der Waals surface area contributed by atoms with E-state index in [2.05, 4.69) is 14.9 Å². The van der Waals surface area contributed by atoms with E-state index >= 15 is 0 Å². The molecule has 212 valence electrons. The Kier molecular flexibility index (Phi) is 9.04. The van der Waals surface area contributed by atoms with Gasteiger partial charge in [-0.1, -0.05) is 30.7 Å². The predicted octanol–water partition coefficient (Wildman–Crippen LogP) is 3.19. The van der Waals surface area contributed by atoms with Crippen LogP contribution in [0.5, 0.6) is 0 Å². The van der Waals surface area contributed by atoms with Crippen LogP contribution in [0.15, 0.2) is 60.9 Å². The van der Waals surface area contributed by atoms with Gasteiger partial charge in [0.25, 0.3) is 5.91 Å². The number of esters is 1. The molecule has 0 aliphatic carbocycles. The number of benzene rings is 1. The summed E-state index contributed by atoms with van der Waals surface area (Å²) in [6, 6.07) is 15.4. The lowest BCUT2D eigenvalue weighted by Crippen LogP contribution is -2.46. The van der Waals surface area contributed by atoms with E-state index in [0.29, 0.717) is 31.4 Å². The summed E-state index contributed by atoms with van der Waals surface area (Å²) in [6.07, 6.45) is 4.68. The van der Waals surface area contributed by atoms with Gasteiger partial charge in [-0.15, -0.1) is 0 Å². The molecule has 0 saturated carbocycles. The lowest BCUT2D eigenvalue weighted by Gasteiger charge is -2.40. The molecule has 0 bridgehead atoms. The number of carbonyl (C=O) groups is 2. The Hall–Kier alpha value is -3.40. The number of carbonyl (C=O) groups excluding carboxylic acids is 2. The molecular formula is C31H38N4O5. The maximum absolute atomic E-state index is 13.5. The molecule has 2 fully saturated rings. The average molecular weight is 547 g/mol. The highest BCUT2D eigenvalue weighted by molar-refractivity contribution is 5.97. The highest BCUT2D eigenvalue weighted by Gasteiger charge is 2.42. The van der Waals surface area contributed by atoms with Gasteiger partial charge < -0.3 is 19.8 Å². The number of hydrogen-bond acceptors (Lipinski definition) is 8. The van der Waals surface area contributed by atoms with Gasteiger partial charge in [0, 0.05) is 37.4 Å². The van der Waals surface area contributed by atoms with E-state index in [9.17, 15) is 19.8 Å². The van der Waals surface area contributed by atoms with E-state index in [1.54, 1.807) is 17.3 Å². The monoisotopic (exact) mass is 546 g/mol. The standard InChI is InChI=1S/C31H38N4O5/c36-27-10-16-35(29(38)24-19-23-7-1-2-9-26(23)33-20-24)15-6-4-11-31(30(39)40-22-28(27)37)12-17-34(18-13-31)21-25-8-3-5-14-32-25/h1-3,5,7-9,14,19-20,27-28,36-37H,4,6,10-13,15-18,21-22H2/t27-,28+/m0/s1. The number of piperidine rings is 1. The smallest absolute Gasteiger partial charge is 0.312 e. The van der Waals surface area contributed by atoms with Crippen molar-refractivity contribution in [3.63, 3.8) is 0 Å². The maximum Gasteiger partial charge on any atom is 0.312 e. The molecule has 2 aliphatic rings. The number of rotatable bonds is 3. The molecular weight excluding hydrogens is 508 g/mol. The van der Waals surface area contributed by atoms with Crippen molar-refractivity contribution < 1.29 is 24.5 Å². The minimum Gasteiger partial charge on any atom is -0.462 e. The Morgan fingerprint density at radius 2 is 1.75 bits per heavy atom. The molecule has 2 aromatic heterocycles. The van der Waals surface area contributed by atoms with Crippen molar-refractivity contribution in [2.24, 2.45) is 5.41 Å². The van der Waals surface area contributed by atoms with Gasteiger partial charge in [0.15, 0.2) is 0 Å². The molecule has 0 radical (unpaired) electrons. The third kappa shape index (κ3) is 6.66. The van der Waals surface area contributed by atoms with Gasteiger partial charge in [-0.25, -0.2) is 0 Å². The van der Waals surface area contributed by atoms with Gasteiger partial charge in [-0.05, 0) is 69.5 Å². The molecule has 3 aromatic rings. The van der Waals surface area contributed by atoms with Crippen LogP contribution in [0.2, 0.25) is 0 Å². The Balaban J connectivity index is 1.27. The van der Waals surface area contributed by atoms with Crippen molar-refractivity contribution in [1.29, 1.82) is 0 Å². The number of ether oxygens (including phenoxy) is 1. The highest BCUT2D eigenvalue weighted by atomic mass is 16.5. The summed E-state index contributed by atoms with van der Waals surface area (Å²) in [6.45, 7) is 2.74. The molecule has 2 atom stereocenters. The van der Waals surface area contributed by atoms with E-state index in [-0.39, 0.29) is 31.4 Å². The topological polar surface area (TPSA) is 116 Å². The van der Waals surface area contributed by atoms with Crippen LogP contribution >= 0.6 is 0 Å². The normalized spacial score (nSPS) is 23.1. The van der Waals surface area contributed by atoms with Crippen LogP contribution in [-0.4, -0.2) is 86.9 Å². The summed E-state index contributed by atoms with van der Waals surface area (Å²) in [5, 5.41) is 22.0. The summed E-state index contributed by atoms with van der Waals surface area (Å²) < 4.78 is 5.60. The molecule has 0 unspecified atom stereocenters. The zero-order valence-corrected chi connectivity index (χ0v) is 22.8. The van der Waals surface area contributed by atoms with E-state index in [0.717, 1.165) is 49.1 Å². The van der Waals surface area contributed by atoms with Crippen molar-refractivity contribution in [1.82, 2.24) is 19.8 Å². The molecule has 2 saturated heterocycles. The van der Waals surface area contributed by atoms with Crippen molar-refractivity contribution in [2.45, 2.75) is 57.3 Å². The fraction of sp³-hybridized carbons (Fsp3) is 0.484. The predicted molar refractivity (Wildman–Crippen MR) is 150 cm³/mol. The van der Waals surface area contributed by atoms with Gasteiger partial charge in [0.1, 0.15) is 12.7 Å². The van der Waals surface area contributed by atoms with Gasteiger partial charge in [0.05, 0.1) is 28.3 Å². The first kappa shape index (κ1) is 28.1. The van der Waals surface area contributed by atoms with Crippen LogP contribution in [0.25, 0.3) is 10.9 Å². The Labute approximate surface area is 234 Å². The summed E-state index contributed by atoms with van der Waals surface area (Å²) in [5.41, 5.74) is 1.67. The first-order valence-corrected chi connectivity index (χ1v) is 14.2. The minimum absolute atomic E-state index is 0.153. The minimum atomic E-state index is -1.22. The molecule has 1 amide bonds. The summed E-state index contributed by atoms with van der Waals surface area (Å²) in [5.74, 6) is -0.453. The second-order valence-corrected chi connectivity index (χ2v) is 11.1. The number of pyridine rings is 2. The van der Waals surface area contributed by atoms with Crippen LogP contribution in [0.4, 0.5) is 0 Å². The largest absolute Gasteiger partial charge is 0.462 e. The number of likely N-dealkylation sites (tertiary alicyclic amines) is 1. The molecule has 1 spiro atoms. The third-order valence-electron chi connectivity index (χ3n) is 8.34. The Morgan fingerprint density at radius 3 is 2.55 bits per heavy atom. The number of aliphatic hydroxyl groups is 2. The molecule has 4 heterocycles. The van der Waals surface area contributed by atoms with Gasteiger partial charge in [-0.2, -0.15) is 0 Å². The van der Waals surface area contributed by atoms with E-state index in [1.165, 1.54) is 0 Å². The maximum atomic E-state index is 13.5. The zero-order chi connectivity index (χ0) is 28.0. The molecule has 5 rings (SSSR count). The van der Waals surface area contributed by atoms with E-state index in [1.807, 2.05) is 48.5 Å². The van der Waals surface area contributed by atoms with Crippen LogP contribution in [0.3, 0.4) is 0 Å². The van der Waals surface area contributed by atoms with Gasteiger partial charge in [-0.3, -0.25) is 24.5 Å². The lowest BCUT2D eigenvalue weighted by atomic mass is 9.74. The second kappa shape index (κ2) is 12.8. The molecule has 40 heavy (non-hydrogen) atoms. The van der Waals surface area contributed by atoms with Gasteiger partial charge in [0.2, 0.25) is 0 Å². The average Bonchev–Trinajstić information content (AvgIpc) is 3.00. The van der Waals surface area contributed by atoms with Crippen molar-refractivity contribution in [3.8, 4) is 0 Å². The highest BCUT2D eigenvalue weighted by Crippen LogP contribution is 2.38.